The van der Waals surface area contributed by atoms with Gasteiger partial charge in [0.05, 0.1) is 16.8 Å². The van der Waals surface area contributed by atoms with Crippen LogP contribution in [0.5, 0.6) is 0 Å². The van der Waals surface area contributed by atoms with E-state index < -0.39 is 5.41 Å². The molecule has 0 aromatic heterocycles. The summed E-state index contributed by atoms with van der Waals surface area (Å²) in [6.07, 6.45) is 34.7. The van der Waals surface area contributed by atoms with Gasteiger partial charge < -0.3 is 9.80 Å². The van der Waals surface area contributed by atoms with Crippen LogP contribution in [0.2, 0.25) is 0 Å². The molecule has 1 aliphatic carbocycles. The van der Waals surface area contributed by atoms with E-state index in [-0.39, 0.29) is 0 Å². The maximum absolute atomic E-state index is 4.97. The molecule has 0 saturated heterocycles. The van der Waals surface area contributed by atoms with Crippen molar-refractivity contribution in [1.82, 2.24) is 0 Å². The van der Waals surface area contributed by atoms with Gasteiger partial charge in [0, 0.05) is 33.9 Å². The van der Waals surface area contributed by atoms with Gasteiger partial charge in [0.15, 0.2) is 0 Å². The Morgan fingerprint density at radius 3 is 1.81 bits per heavy atom. The van der Waals surface area contributed by atoms with Crippen LogP contribution in [0, 0.1) is 6.92 Å². The minimum Gasteiger partial charge on any atom is -0.310 e. The summed E-state index contributed by atoms with van der Waals surface area (Å²) in [6.45, 7) is 52.7. The molecule has 2 heteroatoms. The molecule has 73 heavy (non-hydrogen) atoms. The zero-order valence-corrected chi connectivity index (χ0v) is 44.8. The van der Waals surface area contributed by atoms with Gasteiger partial charge in [-0.05, 0) is 182 Å². The third kappa shape index (κ3) is 9.91. The number of allylic oxidation sites excluding steroid dienone is 16. The zero-order valence-electron chi connectivity index (χ0n) is 44.8. The lowest BCUT2D eigenvalue weighted by molar-refractivity contribution is 0.748. The summed E-state index contributed by atoms with van der Waals surface area (Å²) in [6, 6.07) is 30.6. The van der Waals surface area contributed by atoms with Crippen molar-refractivity contribution in [2.24, 2.45) is 0 Å². The molecule has 0 radical (unpaired) electrons. The summed E-state index contributed by atoms with van der Waals surface area (Å²) in [4.78, 5) is 4.62. The van der Waals surface area contributed by atoms with E-state index in [9.17, 15) is 0 Å². The van der Waals surface area contributed by atoms with Crippen LogP contribution in [0.25, 0.3) is 52.1 Å². The van der Waals surface area contributed by atoms with Crippen molar-refractivity contribution >= 4 is 52.6 Å². The van der Waals surface area contributed by atoms with Gasteiger partial charge in [0.1, 0.15) is 0 Å². The number of anilines is 4. The van der Waals surface area contributed by atoms with Crippen LogP contribution in [0.4, 0.5) is 22.7 Å². The van der Waals surface area contributed by atoms with Crippen molar-refractivity contribution in [3.8, 4) is 22.3 Å². The molecule has 6 rings (SSSR count). The van der Waals surface area contributed by atoms with Crippen LogP contribution in [0.1, 0.15) is 106 Å². The molecule has 1 unspecified atom stereocenters. The average molecular weight is 955 g/mol. The Balaban J connectivity index is 1.80. The van der Waals surface area contributed by atoms with Crippen molar-refractivity contribution in [1.29, 1.82) is 0 Å². The molecule has 2 nitrogen and oxygen atoms in total. The molecule has 0 saturated carbocycles. The van der Waals surface area contributed by atoms with Gasteiger partial charge in [-0.1, -0.05) is 199 Å². The van der Waals surface area contributed by atoms with Gasteiger partial charge in [-0.25, -0.2) is 0 Å². The summed E-state index contributed by atoms with van der Waals surface area (Å²) < 4.78 is 0. The van der Waals surface area contributed by atoms with Crippen molar-refractivity contribution in [2.75, 3.05) is 9.80 Å². The summed E-state index contributed by atoms with van der Waals surface area (Å²) in [5.74, 6) is 0. The largest absolute Gasteiger partial charge is 0.310 e. The number of benzene rings is 5. The third-order valence-electron chi connectivity index (χ3n) is 13.8. The minimum atomic E-state index is -0.840. The lowest BCUT2D eigenvalue weighted by Gasteiger charge is -2.36. The van der Waals surface area contributed by atoms with Crippen molar-refractivity contribution in [3.05, 3.63) is 283 Å². The Labute approximate surface area is 439 Å². The first kappa shape index (κ1) is 54.1. The van der Waals surface area contributed by atoms with Crippen LogP contribution >= 0.6 is 0 Å². The van der Waals surface area contributed by atoms with E-state index in [1.807, 2.05) is 60.7 Å². The van der Waals surface area contributed by atoms with Gasteiger partial charge in [0.2, 0.25) is 0 Å². The Bertz CT molecular complexity index is 3230. The first-order valence-corrected chi connectivity index (χ1v) is 25.4. The van der Waals surface area contributed by atoms with Crippen LogP contribution in [-0.4, -0.2) is 0 Å². The van der Waals surface area contributed by atoms with E-state index >= 15 is 0 Å². The molecule has 0 spiro atoms. The van der Waals surface area contributed by atoms with Gasteiger partial charge >= 0.3 is 0 Å². The summed E-state index contributed by atoms with van der Waals surface area (Å²) in [7, 11) is 0. The van der Waals surface area contributed by atoms with Crippen LogP contribution in [-0.2, 0) is 5.41 Å². The van der Waals surface area contributed by atoms with Crippen LogP contribution in [0.15, 0.2) is 239 Å². The molecular weight excluding hydrogens is 881 g/mol. The van der Waals surface area contributed by atoms with Crippen LogP contribution in [0.3, 0.4) is 0 Å². The molecule has 0 amide bonds. The molecule has 0 bridgehead atoms. The molecule has 0 heterocycles. The monoisotopic (exact) mass is 955 g/mol. The average Bonchev–Trinajstić information content (AvgIpc) is 3.69. The topological polar surface area (TPSA) is 6.48 Å². The molecule has 0 aliphatic heterocycles. The third-order valence-corrected chi connectivity index (χ3v) is 13.8. The fraction of sp³-hybridized carbons (Fsp3) is 0.155. The Kier molecular flexibility index (Phi) is 18.0. The number of fused-ring (bicyclic) bond motifs is 3. The standard InChI is InChI=1S/C71H74N2/c1-17-28-41-61(49(12)13)69-50(14)38-32-42-68(69)73(54(36-21-5)37-22-6)56-43-44-63-65(47-56)71(51(15)33-18-2,52(16)34-19-3)66-48-64(58(25-9)60(27-11)70(63)66)62-45-46-67(59(26-10)57(62)24-8)72(53(23-7)35-20-4)55-39-30-29-31-40-55/h18-21,23-48H,2,4,7-11,16-17,22H2,1,3,5-6,12-15H3/b34-19-,36-21-,41-28-,51-33+,53-35+,54-37+. The maximum atomic E-state index is 4.97. The normalized spacial score (nSPS) is 14.4. The van der Waals surface area contributed by atoms with E-state index in [1.165, 1.54) is 22.3 Å². The van der Waals surface area contributed by atoms with Gasteiger partial charge in [-0.2, -0.15) is 0 Å². The number of nitrogens with zero attached hydrogens (tertiary/aromatic N) is 2. The smallest absolute Gasteiger partial charge is 0.0669 e. The number of rotatable bonds is 22. The molecule has 1 aliphatic rings. The lowest BCUT2D eigenvalue weighted by Crippen LogP contribution is -2.29. The quantitative estimate of drug-likeness (QED) is 0.0638. The van der Waals surface area contributed by atoms with E-state index in [1.54, 1.807) is 6.08 Å². The fourth-order valence-corrected chi connectivity index (χ4v) is 10.8. The fourth-order valence-electron chi connectivity index (χ4n) is 10.8. The summed E-state index contributed by atoms with van der Waals surface area (Å²) in [5.41, 5.74) is 22.2. The first-order valence-electron chi connectivity index (χ1n) is 25.4. The number of hydrogen-bond acceptors (Lipinski definition) is 2. The molecule has 1 atom stereocenters. The van der Waals surface area contributed by atoms with Gasteiger partial charge in [0.25, 0.3) is 0 Å². The maximum Gasteiger partial charge on any atom is 0.0669 e. The minimum absolute atomic E-state index is 0.840. The highest BCUT2D eigenvalue weighted by atomic mass is 15.2. The second kappa shape index (κ2) is 24.3. The van der Waals surface area contributed by atoms with E-state index in [4.69, 9.17) is 6.58 Å². The Morgan fingerprint density at radius 1 is 0.575 bits per heavy atom. The van der Waals surface area contributed by atoms with E-state index in [2.05, 4.69) is 227 Å². The number of hydrogen-bond donors (Lipinski definition) is 0. The summed E-state index contributed by atoms with van der Waals surface area (Å²) >= 11 is 0. The summed E-state index contributed by atoms with van der Waals surface area (Å²) in [5, 5.41) is 0. The number of para-hydroxylation sites is 1. The Hall–Kier alpha value is -8.20. The second-order valence-electron chi connectivity index (χ2n) is 18.3. The molecule has 0 N–H and O–H groups in total. The van der Waals surface area contributed by atoms with Gasteiger partial charge in [-0.3, -0.25) is 0 Å². The lowest BCUT2D eigenvalue weighted by atomic mass is 9.66. The zero-order chi connectivity index (χ0) is 53.0. The molecule has 368 valence electrons. The predicted octanol–water partition coefficient (Wildman–Crippen LogP) is 20.9. The van der Waals surface area contributed by atoms with E-state index in [0.29, 0.717) is 0 Å². The molecule has 5 aromatic rings. The second-order valence-corrected chi connectivity index (χ2v) is 18.3. The van der Waals surface area contributed by atoms with Crippen molar-refractivity contribution in [3.63, 3.8) is 0 Å². The number of aryl methyl sites for hydroxylation is 1. The van der Waals surface area contributed by atoms with Crippen molar-refractivity contribution < 1.29 is 0 Å². The highest BCUT2D eigenvalue weighted by Gasteiger charge is 2.48. The van der Waals surface area contributed by atoms with E-state index in [0.717, 1.165) is 114 Å². The highest BCUT2D eigenvalue weighted by molar-refractivity contribution is 6.01. The Morgan fingerprint density at radius 2 is 1.22 bits per heavy atom. The SMILES string of the molecule is C=C/C=C(\C=C)N(c1ccccc1)c1ccc(-c2cc3c(c(C=C)c2C=C)-c2ccc(N(C(/C=C\C)=C/CC)c4cccc(C)c4C(/C=C\CC)=C(C)C)cc2C3(C(=C)/C=C\C)/C(C)=C/C=C)c(C=C)c1C=C. The van der Waals surface area contributed by atoms with Crippen molar-refractivity contribution in [2.45, 2.75) is 73.6 Å². The predicted molar refractivity (Wildman–Crippen MR) is 328 cm³/mol. The first-order chi connectivity index (χ1) is 35.4. The highest BCUT2D eigenvalue weighted by Crippen LogP contribution is 2.60. The van der Waals surface area contributed by atoms with Gasteiger partial charge in [-0.15, -0.1) is 0 Å². The molecule has 0 fully saturated rings. The molecular formula is C71H74N2. The molecule has 5 aromatic carbocycles. The van der Waals surface area contributed by atoms with Crippen LogP contribution < -0.4 is 9.80 Å².